The van der Waals surface area contributed by atoms with Gasteiger partial charge < -0.3 is 10.2 Å². The monoisotopic (exact) mass is 395 g/mol. The first-order valence-electron chi connectivity index (χ1n) is 7.86. The Labute approximate surface area is 148 Å². The van der Waals surface area contributed by atoms with Crippen molar-refractivity contribution in [2.75, 3.05) is 20.1 Å². The van der Waals surface area contributed by atoms with Crippen LogP contribution in [0.5, 0.6) is 0 Å². The van der Waals surface area contributed by atoms with Crippen LogP contribution in [0.1, 0.15) is 34.9 Å². The van der Waals surface area contributed by atoms with Crippen LogP contribution in [0, 0.1) is 5.82 Å². The van der Waals surface area contributed by atoms with Gasteiger partial charge in [-0.05, 0) is 44.1 Å². The molecule has 3 rings (SSSR count). The standard InChI is InChI=1S/C16H19BrFN5O/c1-22(9-11-8-12(17)2-3-14(11)18)16(24)15-10-23(21-20-15)13-4-6-19-7-5-13/h2-3,8,10,13,19H,4-7,9H2,1H3. The van der Waals surface area contributed by atoms with Gasteiger partial charge in [0.05, 0.1) is 12.2 Å². The van der Waals surface area contributed by atoms with Crippen molar-refractivity contribution in [3.05, 3.63) is 45.9 Å². The number of halogens is 2. The van der Waals surface area contributed by atoms with Crippen LogP contribution in [0.15, 0.2) is 28.9 Å². The lowest BCUT2D eigenvalue weighted by Gasteiger charge is -2.22. The summed E-state index contributed by atoms with van der Waals surface area (Å²) in [5, 5.41) is 11.4. The number of nitrogens with one attached hydrogen (secondary N) is 1. The van der Waals surface area contributed by atoms with Crippen LogP contribution in [0.25, 0.3) is 0 Å². The average Bonchev–Trinajstić information content (AvgIpc) is 3.08. The molecule has 0 radical (unpaired) electrons. The van der Waals surface area contributed by atoms with Gasteiger partial charge >= 0.3 is 0 Å². The number of benzene rings is 1. The van der Waals surface area contributed by atoms with E-state index < -0.39 is 0 Å². The molecule has 24 heavy (non-hydrogen) atoms. The fourth-order valence-electron chi connectivity index (χ4n) is 2.81. The van der Waals surface area contributed by atoms with Gasteiger partial charge in [0.1, 0.15) is 5.82 Å². The molecule has 0 aliphatic carbocycles. The summed E-state index contributed by atoms with van der Waals surface area (Å²) < 4.78 is 16.4. The molecule has 2 aromatic rings. The van der Waals surface area contributed by atoms with Gasteiger partial charge in [-0.2, -0.15) is 0 Å². The van der Waals surface area contributed by atoms with Gasteiger partial charge in [0.25, 0.3) is 5.91 Å². The van der Waals surface area contributed by atoms with Crippen LogP contribution in [-0.2, 0) is 6.54 Å². The average molecular weight is 396 g/mol. The number of rotatable bonds is 4. The third-order valence-electron chi connectivity index (χ3n) is 4.17. The molecule has 0 spiro atoms. The normalized spacial score (nSPS) is 15.5. The summed E-state index contributed by atoms with van der Waals surface area (Å²) >= 11 is 3.31. The van der Waals surface area contributed by atoms with E-state index in [-0.39, 0.29) is 30.0 Å². The van der Waals surface area contributed by atoms with E-state index in [0.717, 1.165) is 30.4 Å². The predicted octanol–water partition coefficient (Wildman–Crippen LogP) is 2.38. The second-order valence-electron chi connectivity index (χ2n) is 5.96. The van der Waals surface area contributed by atoms with E-state index in [0.29, 0.717) is 5.56 Å². The fourth-order valence-corrected chi connectivity index (χ4v) is 3.22. The van der Waals surface area contributed by atoms with Crippen LogP contribution in [0.2, 0.25) is 0 Å². The molecule has 1 saturated heterocycles. The van der Waals surface area contributed by atoms with E-state index >= 15 is 0 Å². The van der Waals surface area contributed by atoms with E-state index in [1.165, 1.54) is 11.0 Å². The van der Waals surface area contributed by atoms with Crippen molar-refractivity contribution in [2.24, 2.45) is 0 Å². The maximum Gasteiger partial charge on any atom is 0.276 e. The highest BCUT2D eigenvalue weighted by Crippen LogP contribution is 2.19. The molecule has 8 heteroatoms. The van der Waals surface area contributed by atoms with Crippen molar-refractivity contribution in [2.45, 2.75) is 25.4 Å². The van der Waals surface area contributed by atoms with Gasteiger partial charge in [0, 0.05) is 23.6 Å². The van der Waals surface area contributed by atoms with Crippen molar-refractivity contribution in [3.63, 3.8) is 0 Å². The molecule has 1 amide bonds. The van der Waals surface area contributed by atoms with Crippen molar-refractivity contribution in [1.29, 1.82) is 0 Å². The van der Waals surface area contributed by atoms with Crippen molar-refractivity contribution < 1.29 is 9.18 Å². The van der Waals surface area contributed by atoms with Crippen LogP contribution in [0.3, 0.4) is 0 Å². The van der Waals surface area contributed by atoms with E-state index in [4.69, 9.17) is 0 Å². The number of hydrogen-bond acceptors (Lipinski definition) is 4. The first-order valence-corrected chi connectivity index (χ1v) is 8.66. The molecule has 128 valence electrons. The van der Waals surface area contributed by atoms with E-state index in [9.17, 15) is 9.18 Å². The zero-order chi connectivity index (χ0) is 17.1. The van der Waals surface area contributed by atoms with Gasteiger partial charge in [0.15, 0.2) is 5.69 Å². The van der Waals surface area contributed by atoms with Gasteiger partial charge in [-0.3, -0.25) is 4.79 Å². The number of carbonyl (C=O) groups excluding carboxylic acids is 1. The summed E-state index contributed by atoms with van der Waals surface area (Å²) in [6.07, 6.45) is 3.62. The first kappa shape index (κ1) is 17.0. The fraction of sp³-hybridized carbons (Fsp3) is 0.438. The molecule has 2 heterocycles. The number of piperidine rings is 1. The number of amides is 1. The molecule has 1 N–H and O–H groups in total. The topological polar surface area (TPSA) is 63.1 Å². The Morgan fingerprint density at radius 1 is 1.46 bits per heavy atom. The lowest BCUT2D eigenvalue weighted by molar-refractivity contribution is 0.0778. The van der Waals surface area contributed by atoms with Gasteiger partial charge in [0.2, 0.25) is 0 Å². The highest BCUT2D eigenvalue weighted by atomic mass is 79.9. The van der Waals surface area contributed by atoms with Crippen molar-refractivity contribution >= 4 is 21.8 Å². The van der Waals surface area contributed by atoms with Gasteiger partial charge in [-0.15, -0.1) is 5.10 Å². The highest BCUT2D eigenvalue weighted by molar-refractivity contribution is 9.10. The van der Waals surface area contributed by atoms with Crippen LogP contribution >= 0.6 is 15.9 Å². The minimum Gasteiger partial charge on any atom is -0.336 e. The number of aromatic nitrogens is 3. The lowest BCUT2D eigenvalue weighted by Crippen LogP contribution is -2.29. The molecule has 1 aliphatic heterocycles. The van der Waals surface area contributed by atoms with Gasteiger partial charge in [-0.1, -0.05) is 21.1 Å². The summed E-state index contributed by atoms with van der Waals surface area (Å²) in [6.45, 7) is 2.05. The molecule has 1 aromatic heterocycles. The third kappa shape index (κ3) is 3.81. The largest absolute Gasteiger partial charge is 0.336 e. The van der Waals surface area contributed by atoms with E-state index in [2.05, 4.69) is 31.6 Å². The maximum atomic E-state index is 13.8. The first-order chi connectivity index (χ1) is 11.5. The molecule has 1 fully saturated rings. The summed E-state index contributed by atoms with van der Waals surface area (Å²) in [6, 6.07) is 4.95. The Kier molecular flexibility index (Phi) is 5.25. The van der Waals surface area contributed by atoms with Crippen LogP contribution in [-0.4, -0.2) is 45.9 Å². The Morgan fingerprint density at radius 3 is 2.96 bits per heavy atom. The summed E-state index contributed by atoms with van der Waals surface area (Å²) in [4.78, 5) is 14.0. The number of carbonyl (C=O) groups is 1. The predicted molar refractivity (Wildman–Crippen MR) is 91.1 cm³/mol. The zero-order valence-corrected chi connectivity index (χ0v) is 15.0. The summed E-state index contributed by atoms with van der Waals surface area (Å²) in [7, 11) is 1.63. The molecule has 0 atom stereocenters. The van der Waals surface area contributed by atoms with Gasteiger partial charge in [-0.25, -0.2) is 9.07 Å². The molecular weight excluding hydrogens is 377 g/mol. The smallest absolute Gasteiger partial charge is 0.276 e. The molecule has 0 unspecified atom stereocenters. The number of hydrogen-bond donors (Lipinski definition) is 1. The zero-order valence-electron chi connectivity index (χ0n) is 13.4. The molecule has 0 bridgehead atoms. The highest BCUT2D eigenvalue weighted by Gasteiger charge is 2.21. The van der Waals surface area contributed by atoms with Crippen molar-refractivity contribution in [3.8, 4) is 0 Å². The summed E-state index contributed by atoms with van der Waals surface area (Å²) in [5.74, 6) is -0.606. The molecular formula is C16H19BrFN5O. The second-order valence-corrected chi connectivity index (χ2v) is 6.88. The van der Waals surface area contributed by atoms with E-state index in [1.54, 1.807) is 30.1 Å². The van der Waals surface area contributed by atoms with Crippen LogP contribution < -0.4 is 5.32 Å². The van der Waals surface area contributed by atoms with Crippen molar-refractivity contribution in [1.82, 2.24) is 25.2 Å². The minimum absolute atomic E-state index is 0.171. The maximum absolute atomic E-state index is 13.8. The Balaban J connectivity index is 1.69. The summed E-state index contributed by atoms with van der Waals surface area (Å²) in [5.41, 5.74) is 0.734. The molecule has 1 aromatic carbocycles. The van der Waals surface area contributed by atoms with Crippen LogP contribution in [0.4, 0.5) is 4.39 Å². The lowest BCUT2D eigenvalue weighted by atomic mass is 10.1. The Bertz CT molecular complexity index is 729. The third-order valence-corrected chi connectivity index (χ3v) is 4.67. The minimum atomic E-state index is -0.337. The molecule has 0 saturated carbocycles. The Hall–Kier alpha value is -1.80. The quantitative estimate of drug-likeness (QED) is 0.862. The number of nitrogens with zero attached hydrogens (tertiary/aromatic N) is 4. The SMILES string of the molecule is CN(Cc1cc(Br)ccc1F)C(=O)c1cn(C2CCNCC2)nn1. The molecule has 6 nitrogen and oxygen atoms in total. The molecule has 1 aliphatic rings. The van der Waals surface area contributed by atoms with E-state index in [1.807, 2.05) is 0 Å². The second kappa shape index (κ2) is 7.40. The Morgan fingerprint density at radius 2 is 2.21 bits per heavy atom.